The van der Waals surface area contributed by atoms with Crippen molar-refractivity contribution in [3.8, 4) is 0 Å². The van der Waals surface area contributed by atoms with E-state index in [4.69, 9.17) is 0 Å². The number of amides is 1. The minimum Gasteiger partial charge on any atom is -0.356 e. The lowest BCUT2D eigenvalue weighted by atomic mass is 10.0. The number of aromatic nitrogens is 2. The van der Waals surface area contributed by atoms with Gasteiger partial charge in [-0.05, 0) is 49.6 Å². The molecule has 4 rings (SSSR count). The topological polar surface area (TPSA) is 58.1 Å². The molecule has 1 N–H and O–H groups in total. The van der Waals surface area contributed by atoms with Crippen LogP contribution in [-0.2, 0) is 0 Å². The molecule has 1 fully saturated rings. The van der Waals surface area contributed by atoms with Crippen LogP contribution < -0.4 is 10.2 Å². The molecule has 1 aromatic heterocycles. The maximum absolute atomic E-state index is 12.5. The van der Waals surface area contributed by atoms with Crippen LogP contribution in [0.3, 0.4) is 0 Å². The fraction of sp³-hybridized carbons (Fsp3) is 0.286. The van der Waals surface area contributed by atoms with Crippen molar-refractivity contribution < 1.29 is 4.79 Å². The van der Waals surface area contributed by atoms with Crippen molar-refractivity contribution in [3.63, 3.8) is 0 Å². The van der Waals surface area contributed by atoms with Crippen LogP contribution in [0.25, 0.3) is 10.9 Å². The van der Waals surface area contributed by atoms with E-state index in [0.717, 1.165) is 58.3 Å². The van der Waals surface area contributed by atoms with Crippen LogP contribution in [0.4, 0.5) is 5.82 Å². The average Bonchev–Trinajstić information content (AvgIpc) is 2.68. The van der Waals surface area contributed by atoms with Crippen molar-refractivity contribution in [1.29, 1.82) is 0 Å². The number of fused-ring (bicyclic) bond motifs is 1. The molecular weight excluding hydrogens is 404 g/mol. The van der Waals surface area contributed by atoms with Gasteiger partial charge in [0.05, 0.1) is 5.52 Å². The van der Waals surface area contributed by atoms with Crippen molar-refractivity contribution >= 4 is 38.6 Å². The van der Waals surface area contributed by atoms with Gasteiger partial charge in [-0.2, -0.15) is 0 Å². The number of aryl methyl sites for hydroxylation is 1. The molecule has 0 atom stereocenters. The van der Waals surface area contributed by atoms with E-state index in [0.29, 0.717) is 0 Å². The maximum atomic E-state index is 12.5. The molecule has 0 bridgehead atoms. The van der Waals surface area contributed by atoms with Crippen LogP contribution >= 0.6 is 15.9 Å². The third-order valence-electron chi connectivity index (χ3n) is 5.10. The quantitative estimate of drug-likeness (QED) is 0.687. The van der Waals surface area contributed by atoms with Gasteiger partial charge in [0.15, 0.2) is 0 Å². The molecule has 0 aliphatic carbocycles. The first kappa shape index (κ1) is 17.9. The molecule has 6 heteroatoms. The highest BCUT2D eigenvalue weighted by atomic mass is 79.9. The molecular formula is C21H21BrN4O. The Morgan fingerprint density at radius 3 is 2.70 bits per heavy atom. The minimum absolute atomic E-state index is 0.0166. The molecule has 2 heterocycles. The van der Waals surface area contributed by atoms with E-state index in [9.17, 15) is 4.79 Å². The highest BCUT2D eigenvalue weighted by molar-refractivity contribution is 9.10. The normalized spacial score (nSPS) is 15.1. The van der Waals surface area contributed by atoms with Gasteiger partial charge in [-0.25, -0.2) is 9.97 Å². The summed E-state index contributed by atoms with van der Waals surface area (Å²) in [4.78, 5) is 23.7. The summed E-state index contributed by atoms with van der Waals surface area (Å²) >= 11 is 3.53. The van der Waals surface area contributed by atoms with Crippen molar-refractivity contribution in [1.82, 2.24) is 15.3 Å². The van der Waals surface area contributed by atoms with Gasteiger partial charge >= 0.3 is 0 Å². The van der Waals surface area contributed by atoms with Crippen molar-refractivity contribution in [2.24, 2.45) is 0 Å². The standard InChI is InChI=1S/C21H21BrN4O/c1-14-4-2-3-5-17(14)21(27)25-16-8-10-26(11-9-16)20-18-12-15(22)6-7-19(18)23-13-24-20/h2-7,12-13,16H,8-11H2,1H3,(H,25,27). The number of nitrogens with one attached hydrogen (secondary N) is 1. The second-order valence-electron chi connectivity index (χ2n) is 6.91. The number of rotatable bonds is 3. The zero-order valence-corrected chi connectivity index (χ0v) is 16.7. The van der Waals surface area contributed by atoms with Crippen LogP contribution in [0, 0.1) is 6.92 Å². The summed E-state index contributed by atoms with van der Waals surface area (Å²) < 4.78 is 1.02. The number of anilines is 1. The van der Waals surface area contributed by atoms with Crippen LogP contribution in [-0.4, -0.2) is 35.0 Å². The molecule has 0 spiro atoms. The zero-order valence-electron chi connectivity index (χ0n) is 15.2. The van der Waals surface area contributed by atoms with E-state index in [-0.39, 0.29) is 11.9 Å². The number of hydrogen-bond donors (Lipinski definition) is 1. The Morgan fingerprint density at radius 1 is 1.15 bits per heavy atom. The van der Waals surface area contributed by atoms with Gasteiger partial charge < -0.3 is 10.2 Å². The summed E-state index contributed by atoms with van der Waals surface area (Å²) in [7, 11) is 0. The van der Waals surface area contributed by atoms with Crippen molar-refractivity contribution in [2.75, 3.05) is 18.0 Å². The SMILES string of the molecule is Cc1ccccc1C(=O)NC1CCN(c2ncnc3ccc(Br)cc23)CC1. The number of halogens is 1. The molecule has 1 aliphatic heterocycles. The van der Waals surface area contributed by atoms with E-state index in [1.165, 1.54) is 0 Å². The lowest BCUT2D eigenvalue weighted by Crippen LogP contribution is -2.45. The van der Waals surface area contributed by atoms with Crippen molar-refractivity contribution in [2.45, 2.75) is 25.8 Å². The smallest absolute Gasteiger partial charge is 0.251 e. The molecule has 2 aromatic carbocycles. The third-order valence-corrected chi connectivity index (χ3v) is 5.59. The van der Waals surface area contributed by atoms with Gasteiger partial charge in [0, 0.05) is 34.6 Å². The number of hydrogen-bond acceptors (Lipinski definition) is 4. The Morgan fingerprint density at radius 2 is 1.93 bits per heavy atom. The van der Waals surface area contributed by atoms with E-state index in [1.54, 1.807) is 6.33 Å². The van der Waals surface area contributed by atoms with Gasteiger partial charge in [0.1, 0.15) is 12.1 Å². The maximum Gasteiger partial charge on any atom is 0.251 e. The van der Waals surface area contributed by atoms with Crippen LogP contribution in [0.15, 0.2) is 53.3 Å². The molecule has 0 saturated carbocycles. The first-order chi connectivity index (χ1) is 13.1. The second-order valence-corrected chi connectivity index (χ2v) is 7.82. The zero-order chi connectivity index (χ0) is 18.8. The van der Waals surface area contributed by atoms with Crippen molar-refractivity contribution in [3.05, 3.63) is 64.4 Å². The fourth-order valence-corrected chi connectivity index (χ4v) is 3.95. The molecule has 1 aliphatic rings. The summed E-state index contributed by atoms with van der Waals surface area (Å²) in [6.07, 6.45) is 3.42. The summed E-state index contributed by atoms with van der Waals surface area (Å²) in [6.45, 7) is 3.69. The molecule has 3 aromatic rings. The summed E-state index contributed by atoms with van der Waals surface area (Å²) in [6, 6.07) is 14.0. The second kappa shape index (κ2) is 7.64. The molecule has 0 radical (unpaired) electrons. The predicted molar refractivity (Wildman–Crippen MR) is 111 cm³/mol. The highest BCUT2D eigenvalue weighted by Gasteiger charge is 2.23. The highest BCUT2D eigenvalue weighted by Crippen LogP contribution is 2.28. The largest absolute Gasteiger partial charge is 0.356 e. The lowest BCUT2D eigenvalue weighted by molar-refractivity contribution is 0.0930. The Balaban J connectivity index is 1.45. The van der Waals surface area contributed by atoms with Crippen LogP contribution in [0.5, 0.6) is 0 Å². The summed E-state index contributed by atoms with van der Waals surface area (Å²) in [5, 5.41) is 4.24. The van der Waals surface area contributed by atoms with E-state index >= 15 is 0 Å². The van der Waals surface area contributed by atoms with Gasteiger partial charge in [0.2, 0.25) is 0 Å². The Hall–Kier alpha value is -2.47. The molecule has 138 valence electrons. The number of carbonyl (C=O) groups is 1. The van der Waals surface area contributed by atoms with E-state index < -0.39 is 0 Å². The number of piperidine rings is 1. The minimum atomic E-state index is 0.0166. The predicted octanol–water partition coefficient (Wildman–Crippen LogP) is 4.10. The number of nitrogens with zero attached hydrogens (tertiary/aromatic N) is 3. The first-order valence-corrected chi connectivity index (χ1v) is 9.93. The van der Waals surface area contributed by atoms with Gasteiger partial charge in [-0.15, -0.1) is 0 Å². The fourth-order valence-electron chi connectivity index (χ4n) is 3.59. The number of benzene rings is 2. The Kier molecular flexibility index (Phi) is 5.07. The molecule has 1 saturated heterocycles. The van der Waals surface area contributed by atoms with Gasteiger partial charge in [-0.1, -0.05) is 34.1 Å². The van der Waals surface area contributed by atoms with E-state index in [2.05, 4.69) is 42.2 Å². The van der Waals surface area contributed by atoms with Crippen LogP contribution in [0.1, 0.15) is 28.8 Å². The summed E-state index contributed by atoms with van der Waals surface area (Å²) in [5.41, 5.74) is 2.70. The average molecular weight is 425 g/mol. The Labute approximate surface area is 166 Å². The molecule has 1 amide bonds. The van der Waals surface area contributed by atoms with Crippen LogP contribution in [0.2, 0.25) is 0 Å². The van der Waals surface area contributed by atoms with Gasteiger partial charge in [0.25, 0.3) is 5.91 Å². The monoisotopic (exact) mass is 424 g/mol. The Bertz CT molecular complexity index is 983. The summed E-state index contributed by atoms with van der Waals surface area (Å²) in [5.74, 6) is 0.980. The first-order valence-electron chi connectivity index (χ1n) is 9.13. The van der Waals surface area contributed by atoms with E-state index in [1.807, 2.05) is 43.3 Å². The molecule has 27 heavy (non-hydrogen) atoms. The lowest BCUT2D eigenvalue weighted by Gasteiger charge is -2.33. The molecule has 0 unspecified atom stereocenters. The third kappa shape index (κ3) is 3.81. The number of carbonyl (C=O) groups excluding carboxylic acids is 1. The molecule has 5 nitrogen and oxygen atoms in total. The van der Waals surface area contributed by atoms with Gasteiger partial charge in [-0.3, -0.25) is 4.79 Å².